The van der Waals surface area contributed by atoms with Crippen molar-refractivity contribution in [1.82, 2.24) is 20.7 Å². The summed E-state index contributed by atoms with van der Waals surface area (Å²) in [6, 6.07) is 14.9. The summed E-state index contributed by atoms with van der Waals surface area (Å²) in [5.74, 6) is -0.248. The van der Waals surface area contributed by atoms with Gasteiger partial charge in [-0.2, -0.15) is 0 Å². The predicted molar refractivity (Wildman–Crippen MR) is 151 cm³/mol. The molecule has 2 aromatic carbocycles. The molecule has 0 aliphatic carbocycles. The Labute approximate surface area is 225 Å². The Morgan fingerprint density at radius 3 is 2.41 bits per heavy atom. The van der Waals surface area contributed by atoms with Crippen molar-refractivity contribution in [2.75, 3.05) is 44.5 Å². The molecule has 1 aliphatic heterocycles. The molecule has 194 valence electrons. The number of amides is 2. The highest BCUT2D eigenvalue weighted by atomic mass is 32.1. The third-order valence-electron chi connectivity index (χ3n) is 6.16. The second-order valence-corrected chi connectivity index (χ2v) is 10.1. The van der Waals surface area contributed by atoms with Crippen LogP contribution in [-0.4, -0.2) is 61.1 Å². The van der Waals surface area contributed by atoms with Gasteiger partial charge in [-0.05, 0) is 61.5 Å². The number of likely N-dealkylation sites (tertiary alicyclic amines) is 1. The number of anilines is 2. The van der Waals surface area contributed by atoms with Gasteiger partial charge < -0.3 is 19.9 Å². The minimum Gasteiger partial charge on any atom is -0.496 e. The van der Waals surface area contributed by atoms with E-state index in [2.05, 4.69) is 43.1 Å². The fraction of sp³-hybridized carbons (Fsp3) is 0.308. The third kappa shape index (κ3) is 6.55. The number of hydrogen-bond donors (Lipinski definition) is 3. The number of piperidine rings is 1. The largest absolute Gasteiger partial charge is 0.496 e. The number of benzene rings is 2. The number of thiazole rings is 1. The Morgan fingerprint density at radius 1 is 1.05 bits per heavy atom. The van der Waals surface area contributed by atoms with Crippen LogP contribution < -0.4 is 25.8 Å². The maximum atomic E-state index is 12.6. The van der Waals surface area contributed by atoms with Crippen molar-refractivity contribution in [2.45, 2.75) is 18.8 Å². The van der Waals surface area contributed by atoms with Crippen molar-refractivity contribution in [3.05, 3.63) is 70.2 Å². The van der Waals surface area contributed by atoms with Gasteiger partial charge in [0.2, 0.25) is 0 Å². The average molecular weight is 539 g/mol. The van der Waals surface area contributed by atoms with Gasteiger partial charge >= 0.3 is 0 Å². The first-order chi connectivity index (χ1) is 17.9. The number of thiocarbonyl (C=S) groups is 1. The summed E-state index contributed by atoms with van der Waals surface area (Å²) in [5.41, 5.74) is 7.56. The van der Waals surface area contributed by atoms with E-state index in [0.717, 1.165) is 42.3 Å². The molecule has 0 unspecified atom stereocenters. The van der Waals surface area contributed by atoms with Crippen LogP contribution in [0.2, 0.25) is 0 Å². The summed E-state index contributed by atoms with van der Waals surface area (Å²) in [6.07, 6.45) is 1.78. The van der Waals surface area contributed by atoms with E-state index in [1.54, 1.807) is 29.6 Å². The highest BCUT2D eigenvalue weighted by molar-refractivity contribution is 7.80. The summed E-state index contributed by atoms with van der Waals surface area (Å²) in [7, 11) is 5.51. The summed E-state index contributed by atoms with van der Waals surface area (Å²) in [4.78, 5) is 33.7. The zero-order valence-corrected chi connectivity index (χ0v) is 22.6. The molecular weight excluding hydrogens is 508 g/mol. The van der Waals surface area contributed by atoms with Crippen LogP contribution in [0.15, 0.2) is 53.9 Å². The monoisotopic (exact) mass is 538 g/mol. The highest BCUT2D eigenvalue weighted by Crippen LogP contribution is 2.30. The Balaban J connectivity index is 1.26. The first kappa shape index (κ1) is 26.4. The van der Waals surface area contributed by atoms with Gasteiger partial charge in [-0.1, -0.05) is 12.1 Å². The maximum absolute atomic E-state index is 12.6. The van der Waals surface area contributed by atoms with Crippen LogP contribution in [0.5, 0.6) is 5.75 Å². The van der Waals surface area contributed by atoms with Crippen molar-refractivity contribution in [3.63, 3.8) is 0 Å². The van der Waals surface area contributed by atoms with Crippen LogP contribution in [0, 0.1) is 0 Å². The van der Waals surface area contributed by atoms with Crippen LogP contribution in [0.4, 0.5) is 11.4 Å². The lowest BCUT2D eigenvalue weighted by Gasteiger charge is -2.33. The number of ether oxygens (including phenoxy) is 1. The molecule has 1 aliphatic rings. The highest BCUT2D eigenvalue weighted by Gasteiger charge is 2.25. The summed E-state index contributed by atoms with van der Waals surface area (Å²) < 4.78 is 5.19. The molecule has 1 saturated heterocycles. The molecule has 1 fully saturated rings. The molecule has 9 nitrogen and oxygen atoms in total. The summed E-state index contributed by atoms with van der Waals surface area (Å²) >= 11 is 7.09. The van der Waals surface area contributed by atoms with E-state index in [1.165, 1.54) is 18.4 Å². The molecule has 2 heterocycles. The number of hydrazine groups is 1. The lowest BCUT2D eigenvalue weighted by molar-refractivity contribution is 0.0842. The Bertz CT molecular complexity index is 1250. The molecule has 2 amide bonds. The summed E-state index contributed by atoms with van der Waals surface area (Å²) in [5, 5.41) is 6.67. The Morgan fingerprint density at radius 2 is 1.73 bits per heavy atom. The molecule has 0 radical (unpaired) electrons. The van der Waals surface area contributed by atoms with Gasteiger partial charge in [0.05, 0.1) is 17.7 Å². The number of nitrogens with zero attached hydrogens (tertiary/aromatic N) is 3. The van der Waals surface area contributed by atoms with Crippen molar-refractivity contribution in [2.24, 2.45) is 0 Å². The third-order valence-corrected chi connectivity index (χ3v) is 7.53. The average Bonchev–Trinajstić information content (AvgIpc) is 3.42. The Hall–Kier alpha value is -3.70. The van der Waals surface area contributed by atoms with Gasteiger partial charge in [0.25, 0.3) is 11.8 Å². The van der Waals surface area contributed by atoms with Crippen LogP contribution >= 0.6 is 23.6 Å². The zero-order valence-electron chi connectivity index (χ0n) is 21.0. The number of aromatic nitrogens is 1. The van der Waals surface area contributed by atoms with E-state index in [4.69, 9.17) is 17.0 Å². The minimum atomic E-state index is -0.466. The topological polar surface area (TPSA) is 98.8 Å². The van der Waals surface area contributed by atoms with Gasteiger partial charge in [-0.25, -0.2) is 4.98 Å². The number of carbonyl (C=O) groups excluding carboxylic acids is 2. The van der Waals surface area contributed by atoms with Crippen LogP contribution in [0.25, 0.3) is 0 Å². The SMILES string of the molecule is COc1ccccc1C(=O)NNC(=O)c1csc(C2CCN(C(=S)Nc3ccc(N(C)C)cc3)CC2)n1. The molecule has 3 aromatic rings. The van der Waals surface area contributed by atoms with Gasteiger partial charge in [0, 0.05) is 49.9 Å². The molecule has 11 heteroatoms. The number of methoxy groups -OCH3 is 1. The summed E-state index contributed by atoms with van der Waals surface area (Å²) in [6.45, 7) is 1.62. The van der Waals surface area contributed by atoms with E-state index in [-0.39, 0.29) is 11.6 Å². The number of nitrogens with one attached hydrogen (secondary N) is 3. The van der Waals surface area contributed by atoms with Crippen molar-refractivity contribution in [3.8, 4) is 5.75 Å². The number of carbonyl (C=O) groups is 2. The normalized spacial score (nSPS) is 13.5. The molecular formula is C26H30N6O3S2. The fourth-order valence-corrected chi connectivity index (χ4v) is 5.30. The van der Waals surface area contributed by atoms with Gasteiger partial charge in [-0.15, -0.1) is 11.3 Å². The molecule has 0 spiro atoms. The predicted octanol–water partition coefficient (Wildman–Crippen LogP) is 3.87. The van der Waals surface area contributed by atoms with Crippen LogP contribution in [0.1, 0.15) is 44.6 Å². The zero-order chi connectivity index (χ0) is 26.4. The molecule has 3 N–H and O–H groups in total. The standard InChI is InChI=1S/C26H30N6O3S2/c1-31(2)19-10-8-18(9-11-19)27-26(36)32-14-12-17(13-15-32)25-28-21(16-37-25)24(34)30-29-23(33)20-6-4-5-7-22(20)35-3/h4-11,16-17H,12-15H2,1-3H3,(H,27,36)(H,29,33)(H,30,34). The van der Waals surface area contributed by atoms with E-state index in [1.807, 2.05) is 26.2 Å². The van der Waals surface area contributed by atoms with Crippen molar-refractivity contribution < 1.29 is 14.3 Å². The van der Waals surface area contributed by atoms with Gasteiger partial charge in [0.15, 0.2) is 5.11 Å². The van der Waals surface area contributed by atoms with Gasteiger partial charge in [0.1, 0.15) is 11.4 Å². The lowest BCUT2D eigenvalue weighted by Crippen LogP contribution is -2.42. The van der Waals surface area contributed by atoms with E-state index in [9.17, 15) is 9.59 Å². The van der Waals surface area contributed by atoms with Crippen molar-refractivity contribution in [1.29, 1.82) is 0 Å². The van der Waals surface area contributed by atoms with E-state index >= 15 is 0 Å². The quantitative estimate of drug-likeness (QED) is 0.321. The number of rotatable bonds is 6. The Kier molecular flexibility index (Phi) is 8.57. The van der Waals surface area contributed by atoms with Crippen LogP contribution in [-0.2, 0) is 0 Å². The van der Waals surface area contributed by atoms with E-state index < -0.39 is 11.8 Å². The van der Waals surface area contributed by atoms with Crippen molar-refractivity contribution >= 4 is 51.9 Å². The van der Waals surface area contributed by atoms with Crippen LogP contribution in [0.3, 0.4) is 0 Å². The first-order valence-corrected chi connectivity index (χ1v) is 13.2. The fourth-order valence-electron chi connectivity index (χ4n) is 4.03. The molecule has 0 atom stereocenters. The second-order valence-electron chi connectivity index (χ2n) is 8.81. The van der Waals surface area contributed by atoms with E-state index in [0.29, 0.717) is 16.4 Å². The first-order valence-electron chi connectivity index (χ1n) is 11.9. The number of para-hydroxylation sites is 1. The molecule has 0 bridgehead atoms. The smallest absolute Gasteiger partial charge is 0.289 e. The molecule has 1 aromatic heterocycles. The lowest BCUT2D eigenvalue weighted by atomic mass is 9.98. The maximum Gasteiger partial charge on any atom is 0.289 e. The number of hydrogen-bond acceptors (Lipinski definition) is 7. The second kappa shape index (κ2) is 12.0. The molecule has 37 heavy (non-hydrogen) atoms. The van der Waals surface area contributed by atoms with Gasteiger partial charge in [-0.3, -0.25) is 20.4 Å². The molecule has 0 saturated carbocycles. The minimum absolute atomic E-state index is 0.258. The molecule has 4 rings (SSSR count).